The largest absolute Gasteiger partial charge is 0.377 e. The highest BCUT2D eigenvalue weighted by Gasteiger charge is 2.16. The van der Waals surface area contributed by atoms with Crippen molar-refractivity contribution in [3.63, 3.8) is 0 Å². The van der Waals surface area contributed by atoms with Crippen molar-refractivity contribution < 1.29 is 9.57 Å². The second-order valence-corrected chi connectivity index (χ2v) is 2.63. The molecule has 0 N–H and O–H groups in total. The Morgan fingerprint density at radius 2 is 2.50 bits per heavy atom. The maximum Gasteiger partial charge on any atom is 0.0726 e. The summed E-state index contributed by atoms with van der Waals surface area (Å²) >= 11 is 0. The molecule has 1 heterocycles. The number of likely N-dealkylation sites (N-methyl/N-ethyl adjacent to an activating group) is 1. The Bertz CT molecular complexity index is 91.6. The lowest BCUT2D eigenvalue weighted by molar-refractivity contribution is -0.129. The minimum atomic E-state index is 0.393. The van der Waals surface area contributed by atoms with Gasteiger partial charge in [0.15, 0.2) is 0 Å². The molecule has 10 heavy (non-hydrogen) atoms. The molecule has 0 spiro atoms. The minimum Gasteiger partial charge on any atom is -0.377 e. The van der Waals surface area contributed by atoms with Gasteiger partial charge in [-0.05, 0) is 12.8 Å². The normalized spacial score (nSPS) is 26.1. The summed E-state index contributed by atoms with van der Waals surface area (Å²) in [6, 6.07) is 0. The third-order valence-electron chi connectivity index (χ3n) is 1.80. The van der Waals surface area contributed by atoms with Gasteiger partial charge in [0, 0.05) is 13.7 Å². The van der Waals surface area contributed by atoms with Crippen LogP contribution in [0.4, 0.5) is 0 Å². The minimum absolute atomic E-state index is 0.393. The van der Waals surface area contributed by atoms with Crippen molar-refractivity contribution in [3.8, 4) is 0 Å². The molecule has 3 heteroatoms. The molecule has 0 aromatic carbocycles. The Kier molecular flexibility index (Phi) is 3.12. The van der Waals surface area contributed by atoms with Crippen molar-refractivity contribution in [3.05, 3.63) is 0 Å². The van der Waals surface area contributed by atoms with Crippen LogP contribution in [0.2, 0.25) is 0 Å². The van der Waals surface area contributed by atoms with E-state index in [2.05, 4.69) is 0 Å². The summed E-state index contributed by atoms with van der Waals surface area (Å²) in [5.74, 6) is 0. The maximum absolute atomic E-state index is 5.40. The van der Waals surface area contributed by atoms with E-state index in [1.165, 1.54) is 12.8 Å². The van der Waals surface area contributed by atoms with Gasteiger partial charge in [0.1, 0.15) is 0 Å². The van der Waals surface area contributed by atoms with Gasteiger partial charge in [0.05, 0.1) is 19.8 Å². The Balaban J connectivity index is 2.11. The number of hydroxylamine groups is 2. The Morgan fingerprint density at radius 1 is 1.70 bits per heavy atom. The molecule has 0 aliphatic carbocycles. The van der Waals surface area contributed by atoms with E-state index in [9.17, 15) is 0 Å². The summed E-state index contributed by atoms with van der Waals surface area (Å²) < 4.78 is 5.40. The third-order valence-corrected chi connectivity index (χ3v) is 1.80. The van der Waals surface area contributed by atoms with Crippen LogP contribution in [0.1, 0.15) is 12.8 Å². The molecule has 3 nitrogen and oxygen atoms in total. The lowest BCUT2D eigenvalue weighted by Gasteiger charge is -2.17. The third kappa shape index (κ3) is 2.25. The molecule has 1 saturated heterocycles. The Morgan fingerprint density at radius 3 is 3.00 bits per heavy atom. The Hall–Kier alpha value is -0.120. The first-order valence-corrected chi connectivity index (χ1v) is 3.70. The van der Waals surface area contributed by atoms with Crippen LogP contribution in [0.5, 0.6) is 0 Å². The molecule has 0 saturated carbocycles. The van der Waals surface area contributed by atoms with Crippen LogP contribution < -0.4 is 0 Å². The van der Waals surface area contributed by atoms with Gasteiger partial charge in [0.25, 0.3) is 0 Å². The maximum atomic E-state index is 5.40. The average molecular weight is 145 g/mol. The fourth-order valence-electron chi connectivity index (χ4n) is 1.15. The molecule has 1 rings (SSSR count). The number of hydrogen-bond acceptors (Lipinski definition) is 3. The van der Waals surface area contributed by atoms with E-state index in [1.54, 1.807) is 12.2 Å². The van der Waals surface area contributed by atoms with Crippen LogP contribution in [-0.4, -0.2) is 38.5 Å². The van der Waals surface area contributed by atoms with Gasteiger partial charge >= 0.3 is 0 Å². The zero-order valence-corrected chi connectivity index (χ0v) is 6.67. The lowest BCUT2D eigenvalue weighted by atomic mass is 10.2. The quantitative estimate of drug-likeness (QED) is 0.544. The highest BCUT2D eigenvalue weighted by Crippen LogP contribution is 2.12. The van der Waals surface area contributed by atoms with E-state index >= 15 is 0 Å². The van der Waals surface area contributed by atoms with Crippen LogP contribution in [0.3, 0.4) is 0 Å². The predicted molar refractivity (Wildman–Crippen MR) is 38.6 cm³/mol. The molecular formula is C7H15NO2. The molecule has 1 unspecified atom stereocenters. The molecule has 1 aliphatic heterocycles. The van der Waals surface area contributed by atoms with E-state index in [1.807, 2.05) is 7.05 Å². The summed E-state index contributed by atoms with van der Waals surface area (Å²) in [5, 5.41) is 1.80. The van der Waals surface area contributed by atoms with Crippen molar-refractivity contribution in [1.29, 1.82) is 0 Å². The number of nitrogens with zero attached hydrogens (tertiary/aromatic N) is 1. The highest BCUT2D eigenvalue weighted by atomic mass is 16.7. The number of rotatable bonds is 3. The first-order valence-electron chi connectivity index (χ1n) is 3.70. The van der Waals surface area contributed by atoms with Crippen LogP contribution in [0.15, 0.2) is 0 Å². The zero-order chi connectivity index (χ0) is 7.40. The molecule has 0 radical (unpaired) electrons. The number of hydrogen-bond donors (Lipinski definition) is 0. The first-order chi connectivity index (χ1) is 4.83. The summed E-state index contributed by atoms with van der Waals surface area (Å²) in [6.45, 7) is 1.80. The second-order valence-electron chi connectivity index (χ2n) is 2.63. The van der Waals surface area contributed by atoms with Crippen LogP contribution in [0.25, 0.3) is 0 Å². The predicted octanol–water partition coefficient (Wildman–Crippen LogP) is 0.659. The molecule has 1 fully saturated rings. The standard InChI is InChI=1S/C7H15NO2/c1-8(9-2)6-7-4-3-5-10-7/h7H,3-6H2,1-2H3. The van der Waals surface area contributed by atoms with E-state index in [-0.39, 0.29) is 0 Å². The summed E-state index contributed by atoms with van der Waals surface area (Å²) in [7, 11) is 3.59. The van der Waals surface area contributed by atoms with Gasteiger partial charge in [-0.1, -0.05) is 0 Å². The van der Waals surface area contributed by atoms with Gasteiger partial charge in [-0.2, -0.15) is 5.06 Å². The van der Waals surface area contributed by atoms with E-state index in [0.29, 0.717) is 6.10 Å². The van der Waals surface area contributed by atoms with Gasteiger partial charge in [-0.25, -0.2) is 0 Å². The van der Waals surface area contributed by atoms with Crippen molar-refractivity contribution in [1.82, 2.24) is 5.06 Å². The summed E-state index contributed by atoms with van der Waals surface area (Å²) in [5.41, 5.74) is 0. The molecule has 1 aliphatic rings. The van der Waals surface area contributed by atoms with E-state index in [4.69, 9.17) is 9.57 Å². The van der Waals surface area contributed by atoms with Crippen molar-refractivity contribution in [2.45, 2.75) is 18.9 Å². The topological polar surface area (TPSA) is 21.7 Å². The average Bonchev–Trinajstić information content (AvgIpc) is 2.40. The fourth-order valence-corrected chi connectivity index (χ4v) is 1.15. The second kappa shape index (κ2) is 3.91. The Labute approximate surface area is 61.9 Å². The molecular weight excluding hydrogens is 130 g/mol. The van der Waals surface area contributed by atoms with E-state index in [0.717, 1.165) is 13.2 Å². The van der Waals surface area contributed by atoms with Crippen molar-refractivity contribution >= 4 is 0 Å². The van der Waals surface area contributed by atoms with Crippen LogP contribution >= 0.6 is 0 Å². The molecule has 1 atom stereocenters. The van der Waals surface area contributed by atoms with Gasteiger partial charge in [-0.15, -0.1) is 0 Å². The smallest absolute Gasteiger partial charge is 0.0726 e. The van der Waals surface area contributed by atoms with Gasteiger partial charge < -0.3 is 9.57 Å². The first kappa shape index (κ1) is 7.98. The fraction of sp³-hybridized carbons (Fsp3) is 1.00. The summed E-state index contributed by atoms with van der Waals surface area (Å²) in [6.07, 6.45) is 2.76. The molecule has 60 valence electrons. The van der Waals surface area contributed by atoms with Crippen LogP contribution in [-0.2, 0) is 9.57 Å². The van der Waals surface area contributed by atoms with E-state index < -0.39 is 0 Å². The van der Waals surface area contributed by atoms with Crippen molar-refractivity contribution in [2.24, 2.45) is 0 Å². The highest BCUT2D eigenvalue weighted by molar-refractivity contribution is 4.65. The molecule has 0 aromatic rings. The number of ether oxygens (including phenoxy) is 1. The molecule has 0 aromatic heterocycles. The van der Waals surface area contributed by atoms with Gasteiger partial charge in [0.2, 0.25) is 0 Å². The summed E-state index contributed by atoms with van der Waals surface area (Å²) in [4.78, 5) is 4.97. The van der Waals surface area contributed by atoms with Gasteiger partial charge in [-0.3, -0.25) is 0 Å². The lowest BCUT2D eigenvalue weighted by Crippen LogP contribution is -2.27. The molecule has 0 bridgehead atoms. The zero-order valence-electron chi connectivity index (χ0n) is 6.67. The van der Waals surface area contributed by atoms with Crippen molar-refractivity contribution in [2.75, 3.05) is 27.3 Å². The SMILES string of the molecule is CON(C)CC1CCCO1. The van der Waals surface area contributed by atoms with Crippen LogP contribution in [0, 0.1) is 0 Å². The molecule has 0 amide bonds. The monoisotopic (exact) mass is 145 g/mol.